The molecule has 142 valence electrons. The van der Waals surface area contributed by atoms with Gasteiger partial charge in [0.15, 0.2) is 11.5 Å². The van der Waals surface area contributed by atoms with Crippen LogP contribution in [0.3, 0.4) is 0 Å². The van der Waals surface area contributed by atoms with Crippen molar-refractivity contribution < 1.29 is 19.1 Å². The Bertz CT molecular complexity index is 846. The number of hydrogen-bond acceptors (Lipinski definition) is 4. The molecule has 0 heterocycles. The van der Waals surface area contributed by atoms with Gasteiger partial charge >= 0.3 is 0 Å². The van der Waals surface area contributed by atoms with E-state index in [2.05, 4.69) is 10.6 Å². The minimum Gasteiger partial charge on any atom is -0.493 e. The van der Waals surface area contributed by atoms with Crippen molar-refractivity contribution in [1.29, 1.82) is 0 Å². The van der Waals surface area contributed by atoms with Crippen LogP contribution in [-0.2, 0) is 4.79 Å². The van der Waals surface area contributed by atoms with E-state index in [4.69, 9.17) is 9.47 Å². The van der Waals surface area contributed by atoms with Crippen LogP contribution < -0.4 is 20.1 Å². The van der Waals surface area contributed by atoms with Crippen LogP contribution in [0, 0.1) is 11.8 Å². The molecule has 6 heteroatoms. The Balaban J connectivity index is 1.76. The van der Waals surface area contributed by atoms with Gasteiger partial charge in [0.2, 0.25) is 5.91 Å². The summed E-state index contributed by atoms with van der Waals surface area (Å²) in [5.41, 5.74) is 1.49. The van der Waals surface area contributed by atoms with Gasteiger partial charge in [-0.05, 0) is 43.0 Å². The van der Waals surface area contributed by atoms with Crippen molar-refractivity contribution in [2.75, 3.05) is 24.9 Å². The zero-order chi connectivity index (χ0) is 19.4. The first-order valence-corrected chi connectivity index (χ1v) is 8.96. The lowest BCUT2D eigenvalue weighted by atomic mass is 10.0. The number of hydrogen-bond donors (Lipinski definition) is 2. The summed E-state index contributed by atoms with van der Waals surface area (Å²) in [4.78, 5) is 25.2. The molecule has 0 spiro atoms. The Kier molecular flexibility index (Phi) is 5.64. The van der Waals surface area contributed by atoms with E-state index in [1.54, 1.807) is 49.6 Å². The summed E-state index contributed by atoms with van der Waals surface area (Å²) >= 11 is 0. The summed E-state index contributed by atoms with van der Waals surface area (Å²) in [5.74, 6) is 1.15. The third-order valence-corrected chi connectivity index (χ3v) is 4.81. The highest BCUT2D eigenvalue weighted by molar-refractivity contribution is 6.10. The summed E-state index contributed by atoms with van der Waals surface area (Å²) < 4.78 is 10.5. The van der Waals surface area contributed by atoms with Crippen molar-refractivity contribution in [1.82, 2.24) is 0 Å². The normalized spacial score (nSPS) is 14.2. The summed E-state index contributed by atoms with van der Waals surface area (Å²) in [6.07, 6.45) is 2.19. The van der Waals surface area contributed by atoms with E-state index in [1.165, 1.54) is 7.11 Å². The number of anilines is 2. The number of benzene rings is 2. The number of carbonyl (C=O) groups excluding carboxylic acids is 2. The van der Waals surface area contributed by atoms with Gasteiger partial charge in [0.25, 0.3) is 5.91 Å². The van der Waals surface area contributed by atoms with Crippen LogP contribution in [0.15, 0.2) is 42.5 Å². The monoisotopic (exact) mass is 368 g/mol. The average Bonchev–Trinajstić information content (AvgIpc) is 3.52. The molecule has 27 heavy (non-hydrogen) atoms. The quantitative estimate of drug-likeness (QED) is 0.776. The molecule has 2 amide bonds. The molecule has 0 radical (unpaired) electrons. The topological polar surface area (TPSA) is 76.7 Å². The highest BCUT2D eigenvalue weighted by Gasteiger charge is 2.32. The molecule has 0 bridgehead atoms. The Morgan fingerprint density at radius 3 is 2.37 bits per heavy atom. The van der Waals surface area contributed by atoms with Gasteiger partial charge in [0.05, 0.1) is 25.5 Å². The van der Waals surface area contributed by atoms with Crippen molar-refractivity contribution >= 4 is 23.2 Å². The van der Waals surface area contributed by atoms with Crippen molar-refractivity contribution in [3.8, 4) is 11.5 Å². The highest BCUT2D eigenvalue weighted by Crippen LogP contribution is 2.37. The molecule has 1 unspecified atom stereocenters. The molecule has 1 fully saturated rings. The molecule has 6 nitrogen and oxygen atoms in total. The summed E-state index contributed by atoms with van der Waals surface area (Å²) in [7, 11) is 3.09. The fourth-order valence-corrected chi connectivity index (χ4v) is 2.96. The Morgan fingerprint density at radius 2 is 1.70 bits per heavy atom. The minimum absolute atomic E-state index is 0.0491. The van der Waals surface area contributed by atoms with Crippen LogP contribution in [0.1, 0.15) is 30.1 Å². The molecule has 0 aliphatic heterocycles. The van der Waals surface area contributed by atoms with E-state index in [0.29, 0.717) is 34.4 Å². The van der Waals surface area contributed by atoms with Crippen LogP contribution in [-0.4, -0.2) is 26.0 Å². The fraction of sp³-hybridized carbons (Fsp3) is 0.333. The molecule has 1 aliphatic rings. The molecule has 2 aromatic rings. The number of para-hydroxylation sites is 1. The van der Waals surface area contributed by atoms with Crippen LogP contribution in [0.25, 0.3) is 0 Å². The van der Waals surface area contributed by atoms with Gasteiger partial charge in [0, 0.05) is 17.7 Å². The fourth-order valence-electron chi connectivity index (χ4n) is 2.96. The third-order valence-electron chi connectivity index (χ3n) is 4.81. The lowest BCUT2D eigenvalue weighted by molar-refractivity contribution is -0.119. The van der Waals surface area contributed by atoms with E-state index in [1.807, 2.05) is 6.92 Å². The number of methoxy groups -OCH3 is 2. The predicted octanol–water partition coefficient (Wildman–Crippen LogP) is 3.94. The predicted molar refractivity (Wildman–Crippen MR) is 104 cm³/mol. The first-order valence-electron chi connectivity index (χ1n) is 8.96. The largest absolute Gasteiger partial charge is 0.493 e. The Morgan fingerprint density at radius 1 is 1.00 bits per heavy atom. The van der Waals surface area contributed by atoms with Gasteiger partial charge < -0.3 is 20.1 Å². The van der Waals surface area contributed by atoms with Crippen molar-refractivity contribution in [3.05, 3.63) is 48.0 Å². The van der Waals surface area contributed by atoms with Gasteiger partial charge in [-0.2, -0.15) is 0 Å². The zero-order valence-electron chi connectivity index (χ0n) is 15.7. The summed E-state index contributed by atoms with van der Waals surface area (Å²) in [5, 5.41) is 5.73. The average molecular weight is 368 g/mol. The second-order valence-electron chi connectivity index (χ2n) is 6.68. The van der Waals surface area contributed by atoms with Crippen LogP contribution >= 0.6 is 0 Å². The molecule has 2 aromatic carbocycles. The lowest BCUT2D eigenvalue weighted by Crippen LogP contribution is -2.24. The van der Waals surface area contributed by atoms with E-state index in [-0.39, 0.29) is 17.7 Å². The molecular formula is C21H24N2O4. The number of carbonyl (C=O) groups is 2. The van der Waals surface area contributed by atoms with Crippen LogP contribution in [0.4, 0.5) is 11.4 Å². The number of ether oxygens (including phenoxy) is 2. The number of nitrogens with one attached hydrogen (secondary N) is 2. The molecule has 0 aromatic heterocycles. The minimum atomic E-state index is -0.308. The zero-order valence-corrected chi connectivity index (χ0v) is 15.7. The number of amides is 2. The van der Waals surface area contributed by atoms with E-state index >= 15 is 0 Å². The van der Waals surface area contributed by atoms with Crippen molar-refractivity contribution in [2.45, 2.75) is 19.8 Å². The summed E-state index contributed by atoms with van der Waals surface area (Å²) in [6, 6.07) is 12.1. The maximum Gasteiger partial charge on any atom is 0.257 e. The Hall–Kier alpha value is -3.02. The molecule has 0 saturated heterocycles. The number of rotatable bonds is 7. The molecule has 2 N–H and O–H groups in total. The molecule has 1 atom stereocenters. The Labute approximate surface area is 158 Å². The maximum absolute atomic E-state index is 12.8. The molecular weight excluding hydrogens is 344 g/mol. The SMILES string of the molecule is COc1ccc(NC(=O)c2ccccc2NC(=O)C(C)C2CC2)cc1OC. The maximum atomic E-state index is 12.8. The van der Waals surface area contributed by atoms with Gasteiger partial charge in [-0.1, -0.05) is 19.1 Å². The second-order valence-corrected chi connectivity index (χ2v) is 6.68. The van der Waals surface area contributed by atoms with Crippen molar-refractivity contribution in [3.63, 3.8) is 0 Å². The van der Waals surface area contributed by atoms with Crippen LogP contribution in [0.2, 0.25) is 0 Å². The van der Waals surface area contributed by atoms with Gasteiger partial charge in [-0.3, -0.25) is 9.59 Å². The van der Waals surface area contributed by atoms with Gasteiger partial charge in [-0.15, -0.1) is 0 Å². The van der Waals surface area contributed by atoms with E-state index in [0.717, 1.165) is 12.8 Å². The van der Waals surface area contributed by atoms with Gasteiger partial charge in [0.1, 0.15) is 0 Å². The van der Waals surface area contributed by atoms with E-state index < -0.39 is 0 Å². The second kappa shape index (κ2) is 8.12. The van der Waals surface area contributed by atoms with Crippen LogP contribution in [0.5, 0.6) is 11.5 Å². The standard InChI is InChI=1S/C21H24N2O4/c1-13(14-8-9-14)20(24)23-17-7-5-4-6-16(17)21(25)22-15-10-11-18(26-2)19(12-15)27-3/h4-7,10-14H,8-9H2,1-3H3,(H,22,25)(H,23,24). The molecule has 1 aliphatic carbocycles. The van der Waals surface area contributed by atoms with Crippen molar-refractivity contribution in [2.24, 2.45) is 11.8 Å². The van der Waals surface area contributed by atoms with Gasteiger partial charge in [-0.25, -0.2) is 0 Å². The highest BCUT2D eigenvalue weighted by atomic mass is 16.5. The smallest absolute Gasteiger partial charge is 0.257 e. The third kappa shape index (κ3) is 4.39. The lowest BCUT2D eigenvalue weighted by Gasteiger charge is -2.15. The molecule has 1 saturated carbocycles. The summed E-state index contributed by atoms with van der Waals surface area (Å²) in [6.45, 7) is 1.93. The molecule has 3 rings (SSSR count). The van der Waals surface area contributed by atoms with E-state index in [9.17, 15) is 9.59 Å². The first kappa shape index (κ1) is 18.8. The first-order chi connectivity index (χ1) is 13.0.